The first kappa shape index (κ1) is 11.9. The number of hydrogen-bond acceptors (Lipinski definition) is 3. The molecular weight excluding hydrogens is 252 g/mol. The molecule has 1 atom stereocenters. The highest BCUT2D eigenvalue weighted by atomic mass is 16.1. The number of fused-ring (bicyclic) bond motifs is 4. The zero-order valence-corrected chi connectivity index (χ0v) is 11.3. The number of carbonyl (C=O) groups excluding carboxylic acids is 1. The molecule has 1 amide bonds. The lowest BCUT2D eigenvalue weighted by Crippen LogP contribution is -2.57. The number of aromatic nitrogens is 2. The van der Waals surface area contributed by atoms with Crippen LogP contribution in [0.15, 0.2) is 24.4 Å². The van der Waals surface area contributed by atoms with E-state index in [9.17, 15) is 4.79 Å². The van der Waals surface area contributed by atoms with Gasteiger partial charge in [0.05, 0.1) is 17.8 Å². The number of nitrogens with one attached hydrogen (secondary N) is 1. The topological polar surface area (TPSA) is 52.2 Å². The Morgan fingerprint density at radius 3 is 2.90 bits per heavy atom. The van der Waals surface area contributed by atoms with E-state index in [1.165, 1.54) is 25.9 Å². The van der Waals surface area contributed by atoms with E-state index in [0.717, 1.165) is 29.5 Å². The number of carbonyl (C=O) groups is 1. The number of hydrogen-bond donors (Lipinski definition) is 1. The number of aromatic amines is 1. The van der Waals surface area contributed by atoms with Crippen LogP contribution < -0.4 is 4.90 Å². The van der Waals surface area contributed by atoms with Crippen molar-refractivity contribution < 1.29 is 4.79 Å². The summed E-state index contributed by atoms with van der Waals surface area (Å²) in [4.78, 5) is 16.0. The fourth-order valence-electron chi connectivity index (χ4n) is 3.67. The van der Waals surface area contributed by atoms with Gasteiger partial charge >= 0.3 is 0 Å². The molecule has 0 saturated carbocycles. The molecule has 2 bridgehead atoms. The van der Waals surface area contributed by atoms with Gasteiger partial charge in [0.1, 0.15) is 0 Å². The first-order valence-corrected chi connectivity index (χ1v) is 7.24. The molecule has 1 N–H and O–H groups in total. The molecule has 5 nitrogen and oxygen atoms in total. The van der Waals surface area contributed by atoms with Crippen molar-refractivity contribution in [3.8, 4) is 0 Å². The molecule has 1 aromatic carbocycles. The molecule has 3 saturated heterocycles. The molecule has 4 heterocycles. The summed E-state index contributed by atoms with van der Waals surface area (Å²) in [6.07, 6.45) is 5.21. The molecule has 104 valence electrons. The highest BCUT2D eigenvalue weighted by Crippen LogP contribution is 2.33. The van der Waals surface area contributed by atoms with E-state index in [1.54, 1.807) is 6.20 Å². The van der Waals surface area contributed by atoms with Gasteiger partial charge in [-0.3, -0.25) is 9.89 Å². The van der Waals surface area contributed by atoms with Crippen LogP contribution in [0, 0.1) is 5.92 Å². The second-order valence-electron chi connectivity index (χ2n) is 5.86. The average molecular weight is 270 g/mol. The van der Waals surface area contributed by atoms with Gasteiger partial charge in [-0.1, -0.05) is 0 Å². The molecule has 5 heteroatoms. The first-order valence-electron chi connectivity index (χ1n) is 7.24. The third-order valence-corrected chi connectivity index (χ3v) is 4.82. The van der Waals surface area contributed by atoms with Crippen LogP contribution in [0.3, 0.4) is 0 Å². The summed E-state index contributed by atoms with van der Waals surface area (Å²) >= 11 is 0. The number of amides is 1. The Balaban J connectivity index is 1.68. The molecule has 1 aromatic heterocycles. The van der Waals surface area contributed by atoms with Crippen LogP contribution in [0.5, 0.6) is 0 Å². The van der Waals surface area contributed by atoms with E-state index < -0.39 is 0 Å². The Morgan fingerprint density at radius 2 is 2.20 bits per heavy atom. The zero-order chi connectivity index (χ0) is 13.5. The van der Waals surface area contributed by atoms with E-state index in [4.69, 9.17) is 0 Å². The molecule has 1 unspecified atom stereocenters. The fraction of sp³-hybridized carbons (Fsp3) is 0.467. The molecule has 3 fully saturated rings. The number of H-pyrrole nitrogens is 1. The van der Waals surface area contributed by atoms with E-state index in [-0.39, 0.29) is 0 Å². The van der Waals surface area contributed by atoms with Crippen molar-refractivity contribution in [2.45, 2.75) is 18.9 Å². The monoisotopic (exact) mass is 270 g/mol. The number of rotatable bonds is 3. The Hall–Kier alpha value is -1.88. The van der Waals surface area contributed by atoms with Gasteiger partial charge < -0.3 is 9.80 Å². The second kappa shape index (κ2) is 4.59. The van der Waals surface area contributed by atoms with Crippen LogP contribution in [0.2, 0.25) is 0 Å². The van der Waals surface area contributed by atoms with Crippen LogP contribution in [-0.4, -0.2) is 47.2 Å². The van der Waals surface area contributed by atoms with Crippen LogP contribution in [0.25, 0.3) is 10.9 Å². The van der Waals surface area contributed by atoms with Crippen molar-refractivity contribution in [3.63, 3.8) is 0 Å². The molecule has 5 rings (SSSR count). The summed E-state index contributed by atoms with van der Waals surface area (Å²) in [6, 6.07) is 6.37. The third kappa shape index (κ3) is 1.81. The highest BCUT2D eigenvalue weighted by molar-refractivity contribution is 5.86. The van der Waals surface area contributed by atoms with Gasteiger partial charge in [-0.25, -0.2) is 0 Å². The molecule has 0 radical (unpaired) electrons. The zero-order valence-electron chi connectivity index (χ0n) is 11.3. The number of piperidine rings is 3. The van der Waals surface area contributed by atoms with Crippen LogP contribution in [0.1, 0.15) is 12.8 Å². The maximum absolute atomic E-state index is 11.6. The van der Waals surface area contributed by atoms with Crippen molar-refractivity contribution >= 4 is 23.0 Å². The van der Waals surface area contributed by atoms with Gasteiger partial charge in [0, 0.05) is 17.6 Å². The molecule has 20 heavy (non-hydrogen) atoms. The van der Waals surface area contributed by atoms with Crippen LogP contribution in [0.4, 0.5) is 5.69 Å². The van der Waals surface area contributed by atoms with Crippen molar-refractivity contribution in [2.75, 3.05) is 24.5 Å². The Kier molecular flexibility index (Phi) is 2.73. The van der Waals surface area contributed by atoms with E-state index in [0.29, 0.717) is 12.0 Å². The molecule has 3 aliphatic heterocycles. The molecular formula is C15H18N4O. The summed E-state index contributed by atoms with van der Waals surface area (Å²) in [5, 5.41) is 8.09. The van der Waals surface area contributed by atoms with Crippen molar-refractivity contribution in [2.24, 2.45) is 5.92 Å². The lowest BCUT2D eigenvalue weighted by Gasteiger charge is -2.48. The smallest absolute Gasteiger partial charge is 0.214 e. The van der Waals surface area contributed by atoms with E-state index >= 15 is 0 Å². The average Bonchev–Trinajstić information content (AvgIpc) is 2.97. The third-order valence-electron chi connectivity index (χ3n) is 4.82. The lowest BCUT2D eigenvalue weighted by atomic mass is 9.83. The molecule has 0 aliphatic carbocycles. The van der Waals surface area contributed by atoms with Gasteiger partial charge in [-0.05, 0) is 50.0 Å². The van der Waals surface area contributed by atoms with Crippen LogP contribution in [-0.2, 0) is 4.79 Å². The predicted molar refractivity (Wildman–Crippen MR) is 77.6 cm³/mol. The summed E-state index contributed by atoms with van der Waals surface area (Å²) in [5.74, 6) is 0.641. The summed E-state index contributed by atoms with van der Waals surface area (Å²) in [6.45, 7) is 3.38. The predicted octanol–water partition coefficient (Wildman–Crippen LogP) is 1.62. The fourth-order valence-corrected chi connectivity index (χ4v) is 3.67. The summed E-state index contributed by atoms with van der Waals surface area (Å²) < 4.78 is 0. The van der Waals surface area contributed by atoms with Gasteiger partial charge in [0.2, 0.25) is 6.41 Å². The SMILES string of the molecule is O=CN(c1ccc2cn[nH]c2c1)C1CN2CCC1CC2. The summed E-state index contributed by atoms with van der Waals surface area (Å²) in [5.41, 5.74) is 1.95. The number of nitrogens with zero attached hydrogens (tertiary/aromatic N) is 3. The minimum absolute atomic E-state index is 0.315. The van der Waals surface area contributed by atoms with Gasteiger partial charge in [0.15, 0.2) is 0 Å². The standard InChI is InChI=1S/C15H18N4O/c20-10-19(15-9-18-5-3-11(15)4-6-18)13-2-1-12-8-16-17-14(12)7-13/h1-2,7-8,10-11,15H,3-6,9H2,(H,16,17). The lowest BCUT2D eigenvalue weighted by molar-refractivity contribution is -0.108. The van der Waals surface area contributed by atoms with Gasteiger partial charge in [0.25, 0.3) is 0 Å². The molecule has 0 spiro atoms. The van der Waals surface area contributed by atoms with Gasteiger partial charge in [-0.2, -0.15) is 5.10 Å². The van der Waals surface area contributed by atoms with Crippen molar-refractivity contribution in [1.29, 1.82) is 0 Å². The minimum atomic E-state index is 0.315. The number of anilines is 1. The summed E-state index contributed by atoms with van der Waals surface area (Å²) in [7, 11) is 0. The maximum Gasteiger partial charge on any atom is 0.214 e. The Labute approximate surface area is 117 Å². The number of benzene rings is 1. The Bertz CT molecular complexity index is 630. The quantitative estimate of drug-likeness (QED) is 0.862. The van der Waals surface area contributed by atoms with Gasteiger partial charge in [-0.15, -0.1) is 0 Å². The first-order chi connectivity index (χ1) is 9.85. The van der Waals surface area contributed by atoms with E-state index in [2.05, 4.69) is 15.1 Å². The van der Waals surface area contributed by atoms with Crippen molar-refractivity contribution in [1.82, 2.24) is 15.1 Å². The molecule has 2 aromatic rings. The minimum Gasteiger partial charge on any atom is -0.310 e. The second-order valence-corrected chi connectivity index (χ2v) is 5.86. The largest absolute Gasteiger partial charge is 0.310 e. The maximum atomic E-state index is 11.6. The highest BCUT2D eigenvalue weighted by Gasteiger charge is 2.37. The van der Waals surface area contributed by atoms with Crippen molar-refractivity contribution in [3.05, 3.63) is 24.4 Å². The van der Waals surface area contributed by atoms with Crippen LogP contribution >= 0.6 is 0 Å². The normalized spacial score (nSPS) is 28.7. The van der Waals surface area contributed by atoms with E-state index in [1.807, 2.05) is 23.1 Å². The Morgan fingerprint density at radius 1 is 1.35 bits per heavy atom. The molecule has 3 aliphatic rings.